The zero-order chi connectivity index (χ0) is 14.9. The Morgan fingerprint density at radius 1 is 1.04 bits per heavy atom. The highest BCUT2D eigenvalue weighted by molar-refractivity contribution is 6.02. The summed E-state index contributed by atoms with van der Waals surface area (Å²) in [6, 6.07) is 15.6. The molecule has 2 heterocycles. The maximum atomic E-state index is 12.4. The minimum Gasteiger partial charge on any atom is -0.326 e. The summed E-state index contributed by atoms with van der Waals surface area (Å²) in [6.45, 7) is 0. The Balaban J connectivity index is 0.00000156. The van der Waals surface area contributed by atoms with Crippen LogP contribution in [0.15, 0.2) is 42.5 Å². The van der Waals surface area contributed by atoms with Crippen LogP contribution in [0.25, 0.3) is 10.8 Å². The highest BCUT2D eigenvalue weighted by atomic mass is 35.5. The third-order valence-corrected chi connectivity index (χ3v) is 5.11. The lowest BCUT2D eigenvalue weighted by molar-refractivity contribution is -0.117. The van der Waals surface area contributed by atoms with Crippen LogP contribution in [0.1, 0.15) is 32.1 Å². The number of nitrogens with one attached hydrogen (secondary N) is 2. The van der Waals surface area contributed by atoms with Crippen molar-refractivity contribution in [2.45, 2.75) is 44.2 Å². The molecule has 2 atom stereocenters. The molecule has 1 amide bonds. The second kappa shape index (κ2) is 6.90. The number of carbonyl (C=O) groups excluding carboxylic acids is 1. The van der Waals surface area contributed by atoms with Crippen molar-refractivity contribution in [1.29, 1.82) is 0 Å². The lowest BCUT2D eigenvalue weighted by atomic mass is 9.89. The quantitative estimate of drug-likeness (QED) is 0.888. The largest absolute Gasteiger partial charge is 0.326 e. The van der Waals surface area contributed by atoms with Crippen molar-refractivity contribution >= 4 is 34.8 Å². The van der Waals surface area contributed by atoms with Gasteiger partial charge in [0.1, 0.15) is 0 Å². The van der Waals surface area contributed by atoms with Crippen LogP contribution in [-0.4, -0.2) is 18.0 Å². The van der Waals surface area contributed by atoms with Gasteiger partial charge < -0.3 is 10.6 Å². The summed E-state index contributed by atoms with van der Waals surface area (Å²) < 4.78 is 0. The molecule has 0 radical (unpaired) electrons. The minimum atomic E-state index is 0. The smallest absolute Gasteiger partial charge is 0.224 e. The average molecular weight is 331 g/mol. The first-order chi connectivity index (χ1) is 10.8. The number of hydrogen-bond acceptors (Lipinski definition) is 2. The molecule has 122 valence electrons. The third kappa shape index (κ3) is 3.51. The maximum absolute atomic E-state index is 12.4. The summed E-state index contributed by atoms with van der Waals surface area (Å²) in [5.41, 5.74) is 0.931. The molecule has 2 aliphatic heterocycles. The molecule has 23 heavy (non-hydrogen) atoms. The highest BCUT2D eigenvalue weighted by Crippen LogP contribution is 2.33. The molecule has 2 fully saturated rings. The molecule has 4 heteroatoms. The lowest BCUT2D eigenvalue weighted by Gasteiger charge is -2.28. The Morgan fingerprint density at radius 3 is 2.52 bits per heavy atom. The van der Waals surface area contributed by atoms with E-state index in [2.05, 4.69) is 28.8 Å². The summed E-state index contributed by atoms with van der Waals surface area (Å²) in [6.07, 6.45) is 5.52. The molecule has 2 aromatic carbocycles. The number of hydrogen-bond donors (Lipinski definition) is 2. The Labute approximate surface area is 143 Å². The molecule has 0 aliphatic carbocycles. The second-order valence-corrected chi connectivity index (χ2v) is 6.75. The first-order valence-electron chi connectivity index (χ1n) is 8.31. The van der Waals surface area contributed by atoms with Crippen molar-refractivity contribution < 1.29 is 4.79 Å². The second-order valence-electron chi connectivity index (χ2n) is 6.75. The van der Waals surface area contributed by atoms with E-state index in [1.54, 1.807) is 0 Å². The maximum Gasteiger partial charge on any atom is 0.224 e. The van der Waals surface area contributed by atoms with Gasteiger partial charge in [-0.15, -0.1) is 12.4 Å². The number of rotatable bonds is 3. The Kier molecular flexibility index (Phi) is 4.88. The van der Waals surface area contributed by atoms with Gasteiger partial charge in [-0.25, -0.2) is 0 Å². The molecule has 4 rings (SSSR count). The lowest BCUT2D eigenvalue weighted by Crippen LogP contribution is -2.39. The summed E-state index contributed by atoms with van der Waals surface area (Å²) in [5, 5.41) is 9.04. The van der Waals surface area contributed by atoms with Gasteiger partial charge in [0.25, 0.3) is 0 Å². The molecule has 2 aliphatic rings. The van der Waals surface area contributed by atoms with Gasteiger partial charge in [0.2, 0.25) is 5.91 Å². The number of fused-ring (bicyclic) bond motifs is 3. The molecule has 3 nitrogen and oxygen atoms in total. The third-order valence-electron chi connectivity index (χ3n) is 5.11. The predicted octanol–water partition coefficient (Wildman–Crippen LogP) is 4.12. The topological polar surface area (TPSA) is 41.1 Å². The van der Waals surface area contributed by atoms with E-state index in [1.807, 2.05) is 24.3 Å². The van der Waals surface area contributed by atoms with Crippen LogP contribution in [-0.2, 0) is 4.79 Å². The molecule has 2 saturated heterocycles. The Morgan fingerprint density at radius 2 is 1.74 bits per heavy atom. The van der Waals surface area contributed by atoms with Gasteiger partial charge in [0.05, 0.1) is 0 Å². The molecular formula is C19H23ClN2O. The fourth-order valence-corrected chi connectivity index (χ4v) is 4.14. The monoisotopic (exact) mass is 330 g/mol. The number of piperidine rings is 1. The average Bonchev–Trinajstić information content (AvgIpc) is 2.86. The molecule has 2 unspecified atom stereocenters. The number of halogens is 1. The van der Waals surface area contributed by atoms with Gasteiger partial charge in [-0.2, -0.15) is 0 Å². The molecular weight excluding hydrogens is 308 g/mol. The Bertz CT molecular complexity index is 685. The number of amides is 1. The van der Waals surface area contributed by atoms with E-state index in [1.165, 1.54) is 18.2 Å². The SMILES string of the molecule is Cl.O=C(CC1CC2CCC(C1)N2)Nc1cccc2ccccc12. The van der Waals surface area contributed by atoms with Crippen LogP contribution in [0.4, 0.5) is 5.69 Å². The highest BCUT2D eigenvalue weighted by Gasteiger charge is 2.34. The number of carbonyl (C=O) groups is 1. The van der Waals surface area contributed by atoms with E-state index in [-0.39, 0.29) is 18.3 Å². The van der Waals surface area contributed by atoms with E-state index in [0.29, 0.717) is 24.4 Å². The first kappa shape index (κ1) is 16.3. The minimum absolute atomic E-state index is 0. The molecule has 2 bridgehead atoms. The van der Waals surface area contributed by atoms with Crippen LogP contribution in [0.5, 0.6) is 0 Å². The van der Waals surface area contributed by atoms with E-state index in [9.17, 15) is 4.79 Å². The summed E-state index contributed by atoms with van der Waals surface area (Å²) in [7, 11) is 0. The van der Waals surface area contributed by atoms with Gasteiger partial charge in [-0.3, -0.25) is 4.79 Å². The molecule has 0 saturated carbocycles. The predicted molar refractivity (Wildman–Crippen MR) is 97.1 cm³/mol. The molecule has 0 spiro atoms. The van der Waals surface area contributed by atoms with E-state index < -0.39 is 0 Å². The van der Waals surface area contributed by atoms with E-state index in [0.717, 1.165) is 23.9 Å². The summed E-state index contributed by atoms with van der Waals surface area (Å²) in [5.74, 6) is 0.691. The van der Waals surface area contributed by atoms with Crippen LogP contribution in [0, 0.1) is 5.92 Å². The van der Waals surface area contributed by atoms with Gasteiger partial charge in [0, 0.05) is 29.6 Å². The van der Waals surface area contributed by atoms with Crippen molar-refractivity contribution in [3.8, 4) is 0 Å². The fraction of sp³-hybridized carbons (Fsp3) is 0.421. The van der Waals surface area contributed by atoms with Crippen molar-refractivity contribution in [3.05, 3.63) is 42.5 Å². The normalized spacial score (nSPS) is 25.8. The van der Waals surface area contributed by atoms with Crippen molar-refractivity contribution in [3.63, 3.8) is 0 Å². The zero-order valence-corrected chi connectivity index (χ0v) is 13.9. The first-order valence-corrected chi connectivity index (χ1v) is 8.31. The molecule has 2 aromatic rings. The van der Waals surface area contributed by atoms with E-state index in [4.69, 9.17) is 0 Å². The van der Waals surface area contributed by atoms with Crippen LogP contribution >= 0.6 is 12.4 Å². The molecule has 2 N–H and O–H groups in total. The van der Waals surface area contributed by atoms with Gasteiger partial charge in [0.15, 0.2) is 0 Å². The summed E-state index contributed by atoms with van der Waals surface area (Å²) >= 11 is 0. The van der Waals surface area contributed by atoms with E-state index >= 15 is 0 Å². The van der Waals surface area contributed by atoms with Crippen molar-refractivity contribution in [1.82, 2.24) is 5.32 Å². The van der Waals surface area contributed by atoms with Crippen LogP contribution < -0.4 is 10.6 Å². The van der Waals surface area contributed by atoms with Crippen molar-refractivity contribution in [2.75, 3.05) is 5.32 Å². The number of anilines is 1. The van der Waals surface area contributed by atoms with Gasteiger partial charge in [-0.05, 0) is 43.1 Å². The molecule has 0 aromatic heterocycles. The zero-order valence-electron chi connectivity index (χ0n) is 13.1. The Hall–Kier alpha value is -1.58. The summed E-state index contributed by atoms with van der Waals surface area (Å²) in [4.78, 5) is 12.4. The van der Waals surface area contributed by atoms with Gasteiger partial charge >= 0.3 is 0 Å². The van der Waals surface area contributed by atoms with Crippen molar-refractivity contribution in [2.24, 2.45) is 5.92 Å². The van der Waals surface area contributed by atoms with Gasteiger partial charge in [-0.1, -0.05) is 36.4 Å². The van der Waals surface area contributed by atoms with Crippen LogP contribution in [0.2, 0.25) is 0 Å². The van der Waals surface area contributed by atoms with Crippen LogP contribution in [0.3, 0.4) is 0 Å². The standard InChI is InChI=1S/C19H22N2O.ClH/c22-19(12-13-10-15-8-9-16(11-13)20-15)21-18-7-3-5-14-4-1-2-6-17(14)18;/h1-7,13,15-16,20H,8-12H2,(H,21,22);1H. The fourth-order valence-electron chi connectivity index (χ4n) is 4.14. The number of benzene rings is 2.